The number of amides is 1. The van der Waals surface area contributed by atoms with Gasteiger partial charge in [0.05, 0.1) is 12.0 Å². The summed E-state index contributed by atoms with van der Waals surface area (Å²) in [5, 5.41) is 14.7. The molecule has 1 fully saturated rings. The maximum absolute atomic E-state index is 11.7. The van der Waals surface area contributed by atoms with Crippen LogP contribution in [0.2, 0.25) is 0 Å². The lowest BCUT2D eigenvalue weighted by molar-refractivity contribution is -0.146. The first-order valence-corrected chi connectivity index (χ1v) is 6.29. The van der Waals surface area contributed by atoms with Gasteiger partial charge in [0.2, 0.25) is 5.91 Å². The summed E-state index contributed by atoms with van der Waals surface area (Å²) < 4.78 is 5.60. The molecule has 0 spiro atoms. The van der Waals surface area contributed by atoms with Crippen LogP contribution in [0, 0.1) is 5.92 Å². The molecule has 1 saturated heterocycles. The molecular weight excluding hydrogens is 236 g/mol. The minimum absolute atomic E-state index is 0.0693. The molecule has 3 N–H and O–H groups in total. The number of carboxylic acids is 1. The van der Waals surface area contributed by atoms with Gasteiger partial charge in [0.15, 0.2) is 0 Å². The number of hydrogen-bond acceptors (Lipinski definition) is 4. The smallest absolute Gasteiger partial charge is 0.307 e. The Labute approximate surface area is 107 Å². The SMILES string of the molecule is CC(C)NC(=O)C(C)OC1CNCC(C(=O)O)C1. The number of nitrogens with one attached hydrogen (secondary N) is 2. The van der Waals surface area contributed by atoms with Crippen molar-refractivity contribution in [3.05, 3.63) is 0 Å². The van der Waals surface area contributed by atoms with Crippen LogP contribution in [0.15, 0.2) is 0 Å². The van der Waals surface area contributed by atoms with Gasteiger partial charge in [-0.05, 0) is 27.2 Å². The highest BCUT2D eigenvalue weighted by atomic mass is 16.5. The summed E-state index contributed by atoms with van der Waals surface area (Å²) in [4.78, 5) is 22.6. The second-order valence-electron chi connectivity index (χ2n) is 4.99. The Morgan fingerprint density at radius 2 is 2.00 bits per heavy atom. The molecule has 18 heavy (non-hydrogen) atoms. The number of carbonyl (C=O) groups excluding carboxylic acids is 1. The molecule has 1 aliphatic heterocycles. The third-order valence-corrected chi connectivity index (χ3v) is 2.86. The van der Waals surface area contributed by atoms with Crippen LogP contribution in [0.5, 0.6) is 0 Å². The molecule has 0 saturated carbocycles. The largest absolute Gasteiger partial charge is 0.481 e. The van der Waals surface area contributed by atoms with Crippen molar-refractivity contribution in [2.75, 3.05) is 13.1 Å². The Kier molecular flexibility index (Phi) is 5.55. The second kappa shape index (κ2) is 6.70. The molecule has 0 aliphatic carbocycles. The molecule has 0 bridgehead atoms. The first-order chi connectivity index (χ1) is 8.40. The van der Waals surface area contributed by atoms with E-state index < -0.39 is 18.0 Å². The van der Waals surface area contributed by atoms with Gasteiger partial charge in [0.25, 0.3) is 0 Å². The van der Waals surface area contributed by atoms with Crippen LogP contribution in [0.3, 0.4) is 0 Å². The van der Waals surface area contributed by atoms with Crippen LogP contribution in [-0.4, -0.2) is 48.3 Å². The van der Waals surface area contributed by atoms with Crippen molar-refractivity contribution in [1.82, 2.24) is 10.6 Å². The van der Waals surface area contributed by atoms with E-state index in [-0.39, 0.29) is 18.1 Å². The van der Waals surface area contributed by atoms with Gasteiger partial charge in [-0.1, -0.05) is 0 Å². The first-order valence-electron chi connectivity index (χ1n) is 6.29. The maximum atomic E-state index is 11.7. The van der Waals surface area contributed by atoms with E-state index in [0.29, 0.717) is 19.5 Å². The van der Waals surface area contributed by atoms with Gasteiger partial charge in [-0.2, -0.15) is 0 Å². The number of carboxylic acid groups (broad SMARTS) is 1. The minimum atomic E-state index is -0.824. The summed E-state index contributed by atoms with van der Waals surface area (Å²) in [6, 6.07) is 0.0693. The zero-order valence-corrected chi connectivity index (χ0v) is 11.1. The number of aliphatic carboxylic acids is 1. The Bertz CT molecular complexity index is 306. The predicted octanol–water partition coefficient (Wildman–Crippen LogP) is -0.0212. The van der Waals surface area contributed by atoms with Crippen molar-refractivity contribution < 1.29 is 19.4 Å². The zero-order valence-electron chi connectivity index (χ0n) is 11.1. The standard InChI is InChI=1S/C12H22N2O4/c1-7(2)14-11(15)8(3)18-10-4-9(12(16)17)5-13-6-10/h7-10,13H,4-6H2,1-3H3,(H,14,15)(H,16,17). The molecular formula is C12H22N2O4. The first kappa shape index (κ1) is 14.9. The fourth-order valence-electron chi connectivity index (χ4n) is 1.95. The molecule has 0 aromatic rings. The van der Waals surface area contributed by atoms with Crippen LogP contribution in [-0.2, 0) is 14.3 Å². The molecule has 3 atom stereocenters. The number of ether oxygens (including phenoxy) is 1. The monoisotopic (exact) mass is 258 g/mol. The summed E-state index contributed by atoms with van der Waals surface area (Å²) in [5.74, 6) is -1.43. The van der Waals surface area contributed by atoms with Crippen LogP contribution < -0.4 is 10.6 Å². The Hall–Kier alpha value is -1.14. The molecule has 1 heterocycles. The summed E-state index contributed by atoms with van der Waals surface area (Å²) in [7, 11) is 0. The van der Waals surface area contributed by atoms with E-state index >= 15 is 0 Å². The summed E-state index contributed by atoms with van der Waals surface area (Å²) >= 11 is 0. The van der Waals surface area contributed by atoms with Gasteiger partial charge in [0.1, 0.15) is 6.10 Å². The van der Waals surface area contributed by atoms with Crippen molar-refractivity contribution in [2.24, 2.45) is 5.92 Å². The lowest BCUT2D eigenvalue weighted by Crippen LogP contribution is -2.47. The molecule has 0 aromatic heterocycles. The maximum Gasteiger partial charge on any atom is 0.307 e. The van der Waals surface area contributed by atoms with Crippen LogP contribution in [0.4, 0.5) is 0 Å². The second-order valence-corrected chi connectivity index (χ2v) is 4.99. The van der Waals surface area contributed by atoms with Gasteiger partial charge < -0.3 is 20.5 Å². The molecule has 6 heteroatoms. The molecule has 6 nitrogen and oxygen atoms in total. The third-order valence-electron chi connectivity index (χ3n) is 2.86. The number of hydrogen-bond donors (Lipinski definition) is 3. The Balaban J connectivity index is 2.41. The van der Waals surface area contributed by atoms with E-state index in [2.05, 4.69) is 10.6 Å². The Morgan fingerprint density at radius 1 is 1.33 bits per heavy atom. The molecule has 0 radical (unpaired) electrons. The lowest BCUT2D eigenvalue weighted by atomic mass is 9.97. The summed E-state index contributed by atoms with van der Waals surface area (Å²) in [6.45, 7) is 6.49. The molecule has 0 aromatic carbocycles. The van der Waals surface area contributed by atoms with E-state index in [1.807, 2.05) is 13.8 Å². The van der Waals surface area contributed by atoms with E-state index in [4.69, 9.17) is 9.84 Å². The van der Waals surface area contributed by atoms with Crippen LogP contribution in [0.25, 0.3) is 0 Å². The molecule has 1 rings (SSSR count). The lowest BCUT2D eigenvalue weighted by Gasteiger charge is -2.29. The number of rotatable bonds is 5. The van der Waals surface area contributed by atoms with Crippen LogP contribution >= 0.6 is 0 Å². The average Bonchev–Trinajstić information content (AvgIpc) is 2.28. The van der Waals surface area contributed by atoms with Gasteiger partial charge in [-0.25, -0.2) is 0 Å². The fourth-order valence-corrected chi connectivity index (χ4v) is 1.95. The van der Waals surface area contributed by atoms with Crippen molar-refractivity contribution in [1.29, 1.82) is 0 Å². The van der Waals surface area contributed by atoms with E-state index in [0.717, 1.165) is 0 Å². The van der Waals surface area contributed by atoms with E-state index in [1.165, 1.54) is 0 Å². The van der Waals surface area contributed by atoms with E-state index in [9.17, 15) is 9.59 Å². The van der Waals surface area contributed by atoms with Crippen LogP contribution in [0.1, 0.15) is 27.2 Å². The predicted molar refractivity (Wildman–Crippen MR) is 66.2 cm³/mol. The molecule has 104 valence electrons. The highest BCUT2D eigenvalue weighted by Gasteiger charge is 2.29. The zero-order chi connectivity index (χ0) is 13.7. The van der Waals surface area contributed by atoms with E-state index in [1.54, 1.807) is 6.92 Å². The van der Waals surface area contributed by atoms with Crippen molar-refractivity contribution in [3.8, 4) is 0 Å². The van der Waals surface area contributed by atoms with Crippen molar-refractivity contribution in [3.63, 3.8) is 0 Å². The summed E-state index contributed by atoms with van der Waals surface area (Å²) in [6.07, 6.45) is -0.346. The quantitative estimate of drug-likeness (QED) is 0.645. The summed E-state index contributed by atoms with van der Waals surface area (Å²) in [5.41, 5.74) is 0. The highest BCUT2D eigenvalue weighted by Crippen LogP contribution is 2.15. The van der Waals surface area contributed by atoms with Gasteiger partial charge in [0, 0.05) is 19.1 Å². The van der Waals surface area contributed by atoms with Gasteiger partial charge in [-0.15, -0.1) is 0 Å². The Morgan fingerprint density at radius 3 is 2.56 bits per heavy atom. The van der Waals surface area contributed by atoms with Crippen molar-refractivity contribution in [2.45, 2.75) is 45.4 Å². The number of piperidine rings is 1. The van der Waals surface area contributed by atoms with Crippen molar-refractivity contribution >= 4 is 11.9 Å². The molecule has 3 unspecified atom stereocenters. The van der Waals surface area contributed by atoms with Gasteiger partial charge in [-0.3, -0.25) is 9.59 Å². The average molecular weight is 258 g/mol. The number of carbonyl (C=O) groups is 2. The minimum Gasteiger partial charge on any atom is -0.481 e. The topological polar surface area (TPSA) is 87.7 Å². The normalized spacial score (nSPS) is 25.8. The fraction of sp³-hybridized carbons (Fsp3) is 0.833. The third kappa shape index (κ3) is 4.62. The highest BCUT2D eigenvalue weighted by molar-refractivity contribution is 5.80. The molecule has 1 aliphatic rings. The molecule has 1 amide bonds. The van der Waals surface area contributed by atoms with Gasteiger partial charge >= 0.3 is 5.97 Å².